The number of carboxylic acid groups (broad SMARTS) is 1. The van der Waals surface area contributed by atoms with Crippen molar-refractivity contribution in [1.29, 1.82) is 0 Å². The van der Waals surface area contributed by atoms with Crippen LogP contribution in [-0.4, -0.2) is 33.4 Å². The number of pyridine rings is 1. The lowest BCUT2D eigenvalue weighted by molar-refractivity contribution is -0.137. The Morgan fingerprint density at radius 3 is 3.07 bits per heavy atom. The maximum absolute atomic E-state index is 11.7. The van der Waals surface area contributed by atoms with E-state index in [4.69, 9.17) is 5.11 Å². The van der Waals surface area contributed by atoms with Gasteiger partial charge in [-0.3, -0.25) is 14.6 Å². The van der Waals surface area contributed by atoms with Gasteiger partial charge in [0.1, 0.15) is 5.69 Å². The highest BCUT2D eigenvalue weighted by molar-refractivity contribution is 5.96. The zero-order valence-corrected chi connectivity index (χ0v) is 8.01. The van der Waals surface area contributed by atoms with Crippen LogP contribution in [0.4, 0.5) is 0 Å². The Morgan fingerprint density at radius 2 is 2.40 bits per heavy atom. The van der Waals surface area contributed by atoms with Crippen LogP contribution in [0.1, 0.15) is 22.5 Å². The molecule has 5 nitrogen and oxygen atoms in total. The van der Waals surface area contributed by atoms with Crippen molar-refractivity contribution in [3.8, 4) is 0 Å². The first-order valence-electron chi connectivity index (χ1n) is 4.63. The Balaban J connectivity index is 2.10. The highest BCUT2D eigenvalue weighted by atomic mass is 16.4. The van der Waals surface area contributed by atoms with Crippen molar-refractivity contribution in [3.63, 3.8) is 0 Å². The summed E-state index contributed by atoms with van der Waals surface area (Å²) in [6.07, 6.45) is 1.54. The molecule has 1 aromatic heterocycles. The van der Waals surface area contributed by atoms with Crippen LogP contribution in [0.25, 0.3) is 0 Å². The van der Waals surface area contributed by atoms with Crippen molar-refractivity contribution in [3.05, 3.63) is 29.6 Å². The summed E-state index contributed by atoms with van der Waals surface area (Å²) in [6, 6.07) is 3.60. The highest BCUT2D eigenvalue weighted by Crippen LogP contribution is 2.19. The molecule has 0 atom stereocenters. The Hall–Kier alpha value is -1.91. The van der Waals surface area contributed by atoms with Crippen molar-refractivity contribution in [2.24, 2.45) is 0 Å². The van der Waals surface area contributed by atoms with E-state index in [1.54, 1.807) is 12.3 Å². The first-order chi connectivity index (χ1) is 7.18. The lowest BCUT2D eigenvalue weighted by Crippen LogP contribution is -2.26. The molecule has 1 aliphatic heterocycles. The third-order valence-corrected chi connectivity index (χ3v) is 2.34. The summed E-state index contributed by atoms with van der Waals surface area (Å²) in [7, 11) is 0. The number of carboxylic acids is 1. The molecular weight excluding hydrogens is 196 g/mol. The molecule has 0 saturated heterocycles. The number of carbonyl (C=O) groups is 2. The molecule has 0 saturated carbocycles. The van der Waals surface area contributed by atoms with Gasteiger partial charge >= 0.3 is 5.97 Å². The van der Waals surface area contributed by atoms with Gasteiger partial charge in [-0.15, -0.1) is 0 Å². The molecule has 1 aliphatic rings. The van der Waals surface area contributed by atoms with Crippen molar-refractivity contribution in [2.45, 2.75) is 13.0 Å². The SMILES string of the molecule is O=C(O)CCN1Cc2cccnc2C1=O. The van der Waals surface area contributed by atoms with Crippen LogP contribution in [0, 0.1) is 0 Å². The van der Waals surface area contributed by atoms with E-state index in [2.05, 4.69) is 4.98 Å². The van der Waals surface area contributed by atoms with Crippen LogP contribution >= 0.6 is 0 Å². The second-order valence-electron chi connectivity index (χ2n) is 3.38. The molecule has 2 heterocycles. The number of rotatable bonds is 3. The average molecular weight is 206 g/mol. The van der Waals surface area contributed by atoms with E-state index in [1.807, 2.05) is 6.07 Å². The fourth-order valence-electron chi connectivity index (χ4n) is 1.60. The molecule has 0 spiro atoms. The number of fused-ring (bicyclic) bond motifs is 1. The lowest BCUT2D eigenvalue weighted by Gasteiger charge is -2.12. The van der Waals surface area contributed by atoms with Crippen molar-refractivity contribution >= 4 is 11.9 Å². The highest BCUT2D eigenvalue weighted by Gasteiger charge is 2.28. The Kier molecular flexibility index (Phi) is 2.37. The second kappa shape index (κ2) is 3.68. The minimum atomic E-state index is -0.897. The van der Waals surface area contributed by atoms with E-state index in [-0.39, 0.29) is 18.9 Å². The predicted octanol–water partition coefficient (Wildman–Crippen LogP) is 0.512. The van der Waals surface area contributed by atoms with Crippen molar-refractivity contribution in [2.75, 3.05) is 6.54 Å². The largest absolute Gasteiger partial charge is 0.481 e. The summed E-state index contributed by atoms with van der Waals surface area (Å²) in [5.74, 6) is -1.07. The van der Waals surface area contributed by atoms with E-state index in [0.717, 1.165) is 5.56 Å². The van der Waals surface area contributed by atoms with Crippen molar-refractivity contribution < 1.29 is 14.7 Å². The standard InChI is InChI=1S/C10H10N2O3/c13-8(14)3-5-12-6-7-2-1-4-11-9(7)10(12)15/h1-2,4H,3,5-6H2,(H,13,14). The van der Waals surface area contributed by atoms with Gasteiger partial charge in [0, 0.05) is 24.8 Å². The van der Waals surface area contributed by atoms with E-state index < -0.39 is 5.97 Å². The quantitative estimate of drug-likeness (QED) is 0.782. The molecule has 78 valence electrons. The molecule has 0 radical (unpaired) electrons. The van der Waals surface area contributed by atoms with Crippen LogP contribution in [0.3, 0.4) is 0 Å². The molecule has 1 amide bonds. The van der Waals surface area contributed by atoms with Gasteiger partial charge in [0.25, 0.3) is 5.91 Å². The second-order valence-corrected chi connectivity index (χ2v) is 3.38. The number of amides is 1. The van der Waals surface area contributed by atoms with Crippen molar-refractivity contribution in [1.82, 2.24) is 9.88 Å². The average Bonchev–Trinajstić information content (AvgIpc) is 2.54. The number of aromatic nitrogens is 1. The number of carbonyl (C=O) groups excluding carboxylic acids is 1. The number of aliphatic carboxylic acids is 1. The number of hydrogen-bond donors (Lipinski definition) is 1. The molecule has 2 rings (SSSR count). The zero-order chi connectivity index (χ0) is 10.8. The van der Waals surface area contributed by atoms with Crippen LogP contribution in [0.15, 0.2) is 18.3 Å². The third kappa shape index (κ3) is 1.81. The zero-order valence-electron chi connectivity index (χ0n) is 8.01. The summed E-state index contributed by atoms with van der Waals surface area (Å²) in [5, 5.41) is 8.52. The van der Waals surface area contributed by atoms with Gasteiger partial charge < -0.3 is 10.0 Å². The van der Waals surface area contributed by atoms with Crippen LogP contribution in [0.2, 0.25) is 0 Å². The summed E-state index contributed by atoms with van der Waals surface area (Å²) < 4.78 is 0. The van der Waals surface area contributed by atoms with Gasteiger partial charge in [-0.1, -0.05) is 6.07 Å². The minimum absolute atomic E-state index is 0.0280. The third-order valence-electron chi connectivity index (χ3n) is 2.34. The minimum Gasteiger partial charge on any atom is -0.481 e. The molecule has 0 unspecified atom stereocenters. The molecule has 1 N–H and O–H groups in total. The van der Waals surface area contributed by atoms with Gasteiger partial charge in [0.15, 0.2) is 0 Å². The maximum atomic E-state index is 11.7. The van der Waals surface area contributed by atoms with Crippen LogP contribution in [0.5, 0.6) is 0 Å². The van der Waals surface area contributed by atoms with E-state index >= 15 is 0 Å². The molecule has 0 fully saturated rings. The van der Waals surface area contributed by atoms with Gasteiger partial charge in [0.05, 0.1) is 6.42 Å². The Morgan fingerprint density at radius 1 is 1.60 bits per heavy atom. The fraction of sp³-hybridized carbons (Fsp3) is 0.300. The van der Waals surface area contributed by atoms with E-state index in [9.17, 15) is 9.59 Å². The van der Waals surface area contributed by atoms with Gasteiger partial charge in [0.2, 0.25) is 0 Å². The van der Waals surface area contributed by atoms with Gasteiger partial charge in [-0.05, 0) is 6.07 Å². The molecule has 5 heteroatoms. The first-order valence-corrected chi connectivity index (χ1v) is 4.63. The smallest absolute Gasteiger partial charge is 0.305 e. The van der Waals surface area contributed by atoms with Gasteiger partial charge in [-0.25, -0.2) is 0 Å². The Bertz CT molecular complexity index is 417. The topological polar surface area (TPSA) is 70.5 Å². The fourth-order valence-corrected chi connectivity index (χ4v) is 1.60. The lowest BCUT2D eigenvalue weighted by atomic mass is 10.2. The summed E-state index contributed by atoms with van der Waals surface area (Å²) in [4.78, 5) is 27.5. The molecule has 0 aromatic carbocycles. The van der Waals surface area contributed by atoms with Crippen LogP contribution in [-0.2, 0) is 11.3 Å². The van der Waals surface area contributed by atoms with E-state index in [1.165, 1.54) is 4.90 Å². The molecule has 15 heavy (non-hydrogen) atoms. The number of nitrogens with zero attached hydrogens (tertiary/aromatic N) is 2. The predicted molar refractivity (Wildman–Crippen MR) is 51.2 cm³/mol. The molecule has 0 aliphatic carbocycles. The molecule has 0 bridgehead atoms. The molecule has 1 aromatic rings. The summed E-state index contributed by atoms with van der Waals surface area (Å²) >= 11 is 0. The molecular formula is C10H10N2O3. The van der Waals surface area contributed by atoms with E-state index in [0.29, 0.717) is 12.2 Å². The first kappa shape index (κ1) is 9.64. The Labute approximate surface area is 86.3 Å². The maximum Gasteiger partial charge on any atom is 0.305 e. The van der Waals surface area contributed by atoms with Gasteiger partial charge in [-0.2, -0.15) is 0 Å². The monoisotopic (exact) mass is 206 g/mol. The van der Waals surface area contributed by atoms with Crippen LogP contribution < -0.4 is 0 Å². The summed E-state index contributed by atoms with van der Waals surface area (Å²) in [5.41, 5.74) is 1.32. The number of hydrogen-bond acceptors (Lipinski definition) is 3. The normalized spacial score (nSPS) is 14.1. The summed E-state index contributed by atoms with van der Waals surface area (Å²) in [6.45, 7) is 0.708.